The minimum absolute atomic E-state index is 0.405. The predicted molar refractivity (Wildman–Crippen MR) is 75.9 cm³/mol. The second-order valence-corrected chi connectivity index (χ2v) is 5.03. The molecule has 0 aliphatic rings. The third kappa shape index (κ3) is 3.67. The van der Waals surface area contributed by atoms with E-state index in [0.717, 1.165) is 37.6 Å². The maximum atomic E-state index is 4.57. The Labute approximate surface area is 114 Å². The molecule has 2 heterocycles. The maximum Gasteiger partial charge on any atom is 0.123 e. The van der Waals surface area contributed by atoms with Crippen LogP contribution in [0.15, 0.2) is 24.7 Å². The average Bonchev–Trinajstić information content (AvgIpc) is 3.00. The number of rotatable bonds is 7. The summed E-state index contributed by atoms with van der Waals surface area (Å²) in [5.74, 6) is 1.06. The zero-order valence-corrected chi connectivity index (χ0v) is 12.0. The molecule has 0 fully saturated rings. The van der Waals surface area contributed by atoms with Gasteiger partial charge in [0.25, 0.3) is 0 Å². The van der Waals surface area contributed by atoms with Gasteiger partial charge in [-0.05, 0) is 32.9 Å². The molecule has 0 aromatic carbocycles. The van der Waals surface area contributed by atoms with Gasteiger partial charge in [0.15, 0.2) is 0 Å². The lowest BCUT2D eigenvalue weighted by molar-refractivity contribution is 0.521. The van der Waals surface area contributed by atoms with Crippen molar-refractivity contribution in [2.45, 2.75) is 46.3 Å². The minimum atomic E-state index is 0.405. The Hall–Kier alpha value is -1.62. The highest BCUT2D eigenvalue weighted by Gasteiger charge is 2.06. The minimum Gasteiger partial charge on any atom is -0.328 e. The molecule has 2 rings (SSSR count). The lowest BCUT2D eigenvalue weighted by Gasteiger charge is -2.07. The molecular formula is C14H23N5. The molecule has 0 atom stereocenters. The molecule has 0 spiro atoms. The van der Waals surface area contributed by atoms with Gasteiger partial charge < -0.3 is 9.88 Å². The van der Waals surface area contributed by atoms with Crippen LogP contribution in [0, 0.1) is 0 Å². The predicted octanol–water partition coefficient (Wildman–Crippen LogP) is 2.21. The smallest absolute Gasteiger partial charge is 0.123 e. The van der Waals surface area contributed by atoms with Crippen LogP contribution in [0.2, 0.25) is 0 Å². The van der Waals surface area contributed by atoms with Gasteiger partial charge in [0.05, 0.1) is 18.8 Å². The molecule has 0 amide bonds. The van der Waals surface area contributed by atoms with Crippen LogP contribution >= 0.6 is 0 Å². The van der Waals surface area contributed by atoms with Crippen LogP contribution in [0.3, 0.4) is 0 Å². The van der Waals surface area contributed by atoms with Gasteiger partial charge >= 0.3 is 0 Å². The number of nitrogens with one attached hydrogen (secondary N) is 1. The Morgan fingerprint density at radius 1 is 1.32 bits per heavy atom. The van der Waals surface area contributed by atoms with Crippen LogP contribution in [-0.2, 0) is 13.1 Å². The van der Waals surface area contributed by atoms with Crippen molar-refractivity contribution in [2.75, 3.05) is 6.54 Å². The van der Waals surface area contributed by atoms with Crippen LogP contribution in [0.5, 0.6) is 0 Å². The van der Waals surface area contributed by atoms with Crippen molar-refractivity contribution in [3.63, 3.8) is 0 Å². The number of imidazole rings is 1. The molecular weight excluding hydrogens is 238 g/mol. The molecule has 2 aromatic rings. The summed E-state index contributed by atoms with van der Waals surface area (Å²) in [5, 5.41) is 7.95. The molecule has 0 radical (unpaired) electrons. The zero-order chi connectivity index (χ0) is 13.7. The van der Waals surface area contributed by atoms with E-state index in [0.29, 0.717) is 6.04 Å². The van der Waals surface area contributed by atoms with E-state index in [1.807, 2.05) is 23.3 Å². The Balaban J connectivity index is 2.00. The van der Waals surface area contributed by atoms with Gasteiger partial charge in [-0.1, -0.05) is 6.92 Å². The highest BCUT2D eigenvalue weighted by atomic mass is 15.3. The summed E-state index contributed by atoms with van der Waals surface area (Å²) in [5.41, 5.74) is 1.07. The lowest BCUT2D eigenvalue weighted by Crippen LogP contribution is -2.18. The summed E-state index contributed by atoms with van der Waals surface area (Å²) in [6.07, 6.45) is 7.03. The normalized spacial score (nSPS) is 11.4. The van der Waals surface area contributed by atoms with E-state index in [4.69, 9.17) is 0 Å². The monoisotopic (exact) mass is 261 g/mol. The van der Waals surface area contributed by atoms with Crippen LogP contribution < -0.4 is 5.32 Å². The quantitative estimate of drug-likeness (QED) is 0.777. The molecule has 2 aromatic heterocycles. The molecule has 104 valence electrons. The van der Waals surface area contributed by atoms with Crippen molar-refractivity contribution in [3.05, 3.63) is 36.2 Å². The highest BCUT2D eigenvalue weighted by molar-refractivity contribution is 5.03. The molecule has 19 heavy (non-hydrogen) atoms. The van der Waals surface area contributed by atoms with Crippen molar-refractivity contribution in [3.8, 4) is 0 Å². The molecule has 0 aliphatic carbocycles. The molecule has 0 bridgehead atoms. The molecule has 5 nitrogen and oxygen atoms in total. The molecule has 5 heteroatoms. The van der Waals surface area contributed by atoms with Gasteiger partial charge in [-0.25, -0.2) is 4.98 Å². The van der Waals surface area contributed by atoms with Crippen molar-refractivity contribution >= 4 is 0 Å². The van der Waals surface area contributed by atoms with Crippen LogP contribution in [0.1, 0.15) is 44.8 Å². The van der Waals surface area contributed by atoms with Gasteiger partial charge in [0.1, 0.15) is 5.82 Å². The van der Waals surface area contributed by atoms with Gasteiger partial charge in [-0.2, -0.15) is 5.10 Å². The maximum absolute atomic E-state index is 4.57. The summed E-state index contributed by atoms with van der Waals surface area (Å²) in [6, 6.07) is 2.48. The largest absolute Gasteiger partial charge is 0.328 e. The fourth-order valence-electron chi connectivity index (χ4n) is 1.95. The fraction of sp³-hybridized carbons (Fsp3) is 0.571. The summed E-state index contributed by atoms with van der Waals surface area (Å²) in [4.78, 5) is 4.39. The third-order valence-corrected chi connectivity index (χ3v) is 3.04. The van der Waals surface area contributed by atoms with E-state index < -0.39 is 0 Å². The van der Waals surface area contributed by atoms with E-state index in [2.05, 4.69) is 46.8 Å². The summed E-state index contributed by atoms with van der Waals surface area (Å²) in [7, 11) is 0. The fourth-order valence-corrected chi connectivity index (χ4v) is 1.95. The molecule has 0 unspecified atom stereocenters. The average molecular weight is 261 g/mol. The first-order valence-electron chi connectivity index (χ1n) is 6.95. The van der Waals surface area contributed by atoms with Gasteiger partial charge in [0.2, 0.25) is 0 Å². The molecule has 0 saturated heterocycles. The molecule has 0 saturated carbocycles. The van der Waals surface area contributed by atoms with Crippen LogP contribution in [0.25, 0.3) is 0 Å². The first kappa shape index (κ1) is 13.8. The third-order valence-electron chi connectivity index (χ3n) is 3.04. The SMILES string of the molecule is CCCNCc1nccn1Cc1ccn(C(C)C)n1. The highest BCUT2D eigenvalue weighted by Crippen LogP contribution is 2.07. The Bertz CT molecular complexity index is 497. The van der Waals surface area contributed by atoms with Gasteiger partial charge in [0, 0.05) is 24.6 Å². The topological polar surface area (TPSA) is 47.7 Å². The van der Waals surface area contributed by atoms with E-state index in [-0.39, 0.29) is 0 Å². The second kappa shape index (κ2) is 6.52. The lowest BCUT2D eigenvalue weighted by atomic mass is 10.4. The van der Waals surface area contributed by atoms with E-state index in [1.54, 1.807) is 0 Å². The Morgan fingerprint density at radius 3 is 2.84 bits per heavy atom. The Kier molecular flexibility index (Phi) is 4.74. The van der Waals surface area contributed by atoms with Crippen molar-refractivity contribution < 1.29 is 0 Å². The van der Waals surface area contributed by atoms with Gasteiger partial charge in [-0.3, -0.25) is 4.68 Å². The second-order valence-electron chi connectivity index (χ2n) is 5.03. The van der Waals surface area contributed by atoms with E-state index >= 15 is 0 Å². The molecule has 0 aliphatic heterocycles. The number of nitrogens with zero attached hydrogens (tertiary/aromatic N) is 4. The first-order chi connectivity index (χ1) is 9.20. The summed E-state index contributed by atoms with van der Waals surface area (Å²) >= 11 is 0. The zero-order valence-electron chi connectivity index (χ0n) is 12.0. The standard InChI is InChI=1S/C14H23N5/c1-4-6-15-10-14-16-7-9-18(14)11-13-5-8-19(17-13)12(2)3/h5,7-9,12,15H,4,6,10-11H2,1-3H3. The van der Waals surface area contributed by atoms with Crippen molar-refractivity contribution in [1.29, 1.82) is 0 Å². The summed E-state index contributed by atoms with van der Waals surface area (Å²) in [6.45, 7) is 9.05. The number of hydrogen-bond donors (Lipinski definition) is 1. The van der Waals surface area contributed by atoms with Gasteiger partial charge in [-0.15, -0.1) is 0 Å². The van der Waals surface area contributed by atoms with Crippen molar-refractivity contribution in [1.82, 2.24) is 24.6 Å². The van der Waals surface area contributed by atoms with Crippen LogP contribution in [-0.4, -0.2) is 25.9 Å². The van der Waals surface area contributed by atoms with Crippen LogP contribution in [0.4, 0.5) is 0 Å². The number of hydrogen-bond acceptors (Lipinski definition) is 3. The Morgan fingerprint density at radius 2 is 2.16 bits per heavy atom. The number of aromatic nitrogens is 4. The summed E-state index contributed by atoms with van der Waals surface area (Å²) < 4.78 is 4.14. The van der Waals surface area contributed by atoms with E-state index in [9.17, 15) is 0 Å². The van der Waals surface area contributed by atoms with E-state index in [1.165, 1.54) is 0 Å². The molecule has 1 N–H and O–H groups in total. The van der Waals surface area contributed by atoms with Crippen molar-refractivity contribution in [2.24, 2.45) is 0 Å². The first-order valence-corrected chi connectivity index (χ1v) is 6.95.